The second-order valence-electron chi connectivity index (χ2n) is 12.2. The number of ether oxygens (including phenoxy) is 1. The number of benzene rings is 1. The average molecular weight is 570 g/mol. The number of fused-ring (bicyclic) bond motifs is 2. The smallest absolute Gasteiger partial charge is 0.363 e. The molecule has 6 rings (SSSR count). The Balaban J connectivity index is 1.05. The molecule has 2 aromatic rings. The number of piperazine rings is 1. The predicted molar refractivity (Wildman–Crippen MR) is 150 cm³/mol. The number of anilines is 1. The minimum absolute atomic E-state index is 0.00747. The van der Waals surface area contributed by atoms with E-state index in [0.29, 0.717) is 45.2 Å². The third-order valence-electron chi connectivity index (χ3n) is 9.82. The largest absolute Gasteiger partial charge is 0.418 e. The van der Waals surface area contributed by atoms with Gasteiger partial charge in [0.25, 0.3) is 5.91 Å². The fourth-order valence-electron chi connectivity index (χ4n) is 7.17. The van der Waals surface area contributed by atoms with Crippen LogP contribution in [0.4, 0.5) is 19.0 Å². The molecular formula is C31H38F3N5O2. The summed E-state index contributed by atoms with van der Waals surface area (Å²) in [6.45, 7) is 8.23. The number of rotatable bonds is 4. The number of carbonyl (C=O) groups is 1. The Bertz CT molecular complexity index is 1290. The number of halogens is 3. The molecule has 1 aromatic heterocycles. The van der Waals surface area contributed by atoms with Gasteiger partial charge in [-0.2, -0.15) is 18.3 Å². The van der Waals surface area contributed by atoms with Gasteiger partial charge >= 0.3 is 6.18 Å². The van der Waals surface area contributed by atoms with Crippen molar-refractivity contribution in [2.75, 3.05) is 50.8 Å². The first-order chi connectivity index (χ1) is 19.6. The Hall–Kier alpha value is -2.98. The third-order valence-corrected chi connectivity index (χ3v) is 9.82. The summed E-state index contributed by atoms with van der Waals surface area (Å²) in [5.41, 5.74) is 1.23. The summed E-state index contributed by atoms with van der Waals surface area (Å²) in [5, 5.41) is 7.45. The number of allylic oxidation sites excluding steroid dienone is 1. The highest BCUT2D eigenvalue weighted by molar-refractivity contribution is 5.86. The Labute approximate surface area is 239 Å². The normalized spacial score (nSPS) is 26.5. The summed E-state index contributed by atoms with van der Waals surface area (Å²) in [6.07, 6.45) is 4.67. The van der Waals surface area contributed by atoms with Crippen LogP contribution in [0.15, 0.2) is 42.6 Å². The zero-order valence-corrected chi connectivity index (χ0v) is 23.7. The molecule has 3 fully saturated rings. The molecule has 10 heteroatoms. The fourth-order valence-corrected chi connectivity index (χ4v) is 7.17. The Morgan fingerprint density at radius 1 is 1.05 bits per heavy atom. The number of piperidine rings is 1. The lowest BCUT2D eigenvalue weighted by molar-refractivity contribution is -0.181. The van der Waals surface area contributed by atoms with E-state index in [1.54, 1.807) is 4.90 Å². The lowest BCUT2D eigenvalue weighted by Gasteiger charge is -2.49. The molecule has 4 aliphatic rings. The lowest BCUT2D eigenvalue weighted by atomic mass is 9.74. The SMILES string of the molecule is CC(C)C1(C(=O)N2CCN(c3cc(C(F)(F)F)cnn3)CC2)CCC(N2CCC3(C=Cc4ccccc43)CC2)CO1. The van der Waals surface area contributed by atoms with Crippen molar-refractivity contribution in [2.45, 2.75) is 62.8 Å². The van der Waals surface area contributed by atoms with Gasteiger partial charge in [-0.05, 0) is 61.9 Å². The van der Waals surface area contributed by atoms with Crippen LogP contribution in [-0.2, 0) is 21.1 Å². The van der Waals surface area contributed by atoms with E-state index in [0.717, 1.165) is 44.6 Å². The summed E-state index contributed by atoms with van der Waals surface area (Å²) in [7, 11) is 0. The minimum Gasteiger partial charge on any atom is -0.363 e. The Morgan fingerprint density at radius 2 is 1.78 bits per heavy atom. The minimum atomic E-state index is -4.48. The number of nitrogens with zero attached hydrogens (tertiary/aromatic N) is 5. The Morgan fingerprint density at radius 3 is 2.44 bits per heavy atom. The second-order valence-corrected chi connectivity index (χ2v) is 12.2. The first kappa shape index (κ1) is 28.2. The highest BCUT2D eigenvalue weighted by Crippen LogP contribution is 2.45. The van der Waals surface area contributed by atoms with Crippen LogP contribution in [0.5, 0.6) is 0 Å². The average Bonchev–Trinajstić information content (AvgIpc) is 3.34. The van der Waals surface area contributed by atoms with Crippen LogP contribution in [-0.4, -0.2) is 83.4 Å². The predicted octanol–water partition coefficient (Wildman–Crippen LogP) is 4.78. The summed E-state index contributed by atoms with van der Waals surface area (Å²) in [4.78, 5) is 20.0. The number of alkyl halides is 3. The molecule has 4 heterocycles. The molecule has 1 amide bonds. The molecule has 41 heavy (non-hydrogen) atoms. The van der Waals surface area contributed by atoms with Gasteiger partial charge in [0.1, 0.15) is 5.60 Å². The van der Waals surface area contributed by atoms with E-state index in [2.05, 4.69) is 51.5 Å². The van der Waals surface area contributed by atoms with Gasteiger partial charge in [-0.1, -0.05) is 50.3 Å². The standard InChI is InChI=1S/C31H38F3N5O2/c1-22(2)30(28(40)39-17-15-38(16-18-39)27-19-24(20-35-36-27)31(32,33)34)10-8-25(21-41-30)37-13-11-29(12-14-37)9-7-23-5-3-4-6-26(23)29/h3-7,9,19-20,22,25H,8,10-18,21H2,1-2H3. The van der Waals surface area contributed by atoms with E-state index < -0.39 is 17.3 Å². The molecule has 2 atom stereocenters. The van der Waals surface area contributed by atoms with Gasteiger partial charge in [-0.3, -0.25) is 9.69 Å². The molecular weight excluding hydrogens is 531 g/mol. The highest BCUT2D eigenvalue weighted by Gasteiger charge is 2.50. The van der Waals surface area contributed by atoms with Crippen molar-refractivity contribution in [3.8, 4) is 0 Å². The van der Waals surface area contributed by atoms with E-state index in [4.69, 9.17) is 4.74 Å². The molecule has 3 aliphatic heterocycles. The Kier molecular flexibility index (Phi) is 7.34. The first-order valence-corrected chi connectivity index (χ1v) is 14.7. The van der Waals surface area contributed by atoms with Gasteiger partial charge in [-0.15, -0.1) is 5.10 Å². The van der Waals surface area contributed by atoms with Gasteiger partial charge in [0.15, 0.2) is 5.82 Å². The summed E-state index contributed by atoms with van der Waals surface area (Å²) in [6, 6.07) is 10.0. The molecule has 0 radical (unpaired) electrons. The maximum Gasteiger partial charge on any atom is 0.418 e. The zero-order chi connectivity index (χ0) is 28.8. The van der Waals surface area contributed by atoms with Gasteiger partial charge in [-0.25, -0.2) is 0 Å². The topological polar surface area (TPSA) is 61.8 Å². The summed E-state index contributed by atoms with van der Waals surface area (Å²) >= 11 is 0. The van der Waals surface area contributed by atoms with Crippen molar-refractivity contribution in [3.63, 3.8) is 0 Å². The van der Waals surface area contributed by atoms with E-state index in [1.165, 1.54) is 11.1 Å². The molecule has 1 aliphatic carbocycles. The number of hydrogen-bond donors (Lipinski definition) is 0. The zero-order valence-electron chi connectivity index (χ0n) is 23.7. The molecule has 2 unspecified atom stereocenters. The second kappa shape index (κ2) is 10.7. The molecule has 220 valence electrons. The maximum absolute atomic E-state index is 13.9. The molecule has 7 nitrogen and oxygen atoms in total. The summed E-state index contributed by atoms with van der Waals surface area (Å²) in [5.74, 6) is 0.182. The number of hydrogen-bond acceptors (Lipinski definition) is 6. The van der Waals surface area contributed by atoms with Crippen LogP contribution in [0.3, 0.4) is 0 Å². The summed E-state index contributed by atoms with van der Waals surface area (Å²) < 4.78 is 46.0. The van der Waals surface area contributed by atoms with Crippen molar-refractivity contribution in [3.05, 3.63) is 59.3 Å². The van der Waals surface area contributed by atoms with Crippen LogP contribution in [0.1, 0.15) is 56.2 Å². The van der Waals surface area contributed by atoms with E-state index >= 15 is 0 Å². The van der Waals surface area contributed by atoms with Crippen LogP contribution in [0.2, 0.25) is 0 Å². The van der Waals surface area contributed by atoms with E-state index in [9.17, 15) is 18.0 Å². The first-order valence-electron chi connectivity index (χ1n) is 14.7. The van der Waals surface area contributed by atoms with Gasteiger partial charge < -0.3 is 14.5 Å². The van der Waals surface area contributed by atoms with E-state index in [-0.39, 0.29) is 23.1 Å². The number of amides is 1. The molecule has 1 aromatic carbocycles. The molecule has 0 bridgehead atoms. The van der Waals surface area contributed by atoms with Crippen LogP contribution < -0.4 is 4.90 Å². The van der Waals surface area contributed by atoms with Gasteiger partial charge in [0, 0.05) is 37.6 Å². The van der Waals surface area contributed by atoms with Crippen LogP contribution in [0.25, 0.3) is 6.08 Å². The van der Waals surface area contributed by atoms with Gasteiger partial charge in [0.2, 0.25) is 0 Å². The van der Waals surface area contributed by atoms with Crippen molar-refractivity contribution in [2.24, 2.45) is 5.92 Å². The molecule has 3 saturated heterocycles. The third kappa shape index (κ3) is 5.14. The van der Waals surface area contributed by atoms with Crippen molar-refractivity contribution in [1.29, 1.82) is 0 Å². The van der Waals surface area contributed by atoms with E-state index in [1.807, 2.05) is 18.7 Å². The molecule has 1 spiro atoms. The number of carbonyl (C=O) groups excluding carboxylic acids is 1. The quantitative estimate of drug-likeness (QED) is 0.529. The van der Waals surface area contributed by atoms with Crippen LogP contribution in [0, 0.1) is 5.92 Å². The number of aromatic nitrogens is 2. The van der Waals surface area contributed by atoms with Crippen molar-refractivity contribution in [1.82, 2.24) is 20.0 Å². The van der Waals surface area contributed by atoms with Crippen LogP contribution >= 0.6 is 0 Å². The monoisotopic (exact) mass is 569 g/mol. The number of likely N-dealkylation sites (tertiary alicyclic amines) is 1. The highest BCUT2D eigenvalue weighted by atomic mass is 19.4. The van der Waals surface area contributed by atoms with Crippen molar-refractivity contribution >= 4 is 17.8 Å². The maximum atomic E-state index is 13.9. The lowest BCUT2D eigenvalue weighted by Crippen LogP contribution is -2.62. The van der Waals surface area contributed by atoms with Crippen molar-refractivity contribution < 1.29 is 22.7 Å². The molecule has 0 saturated carbocycles. The molecule has 0 N–H and O–H groups in total. The van der Waals surface area contributed by atoms with Gasteiger partial charge in [0.05, 0.1) is 18.4 Å². The fraction of sp³-hybridized carbons (Fsp3) is 0.581.